The van der Waals surface area contributed by atoms with Gasteiger partial charge in [-0.15, -0.1) is 0 Å². The van der Waals surface area contributed by atoms with Gasteiger partial charge in [0.1, 0.15) is 12.1 Å². The number of rotatable bonds is 5. The first-order chi connectivity index (χ1) is 10.8. The number of aromatic nitrogens is 4. The molecule has 0 saturated heterocycles. The van der Waals surface area contributed by atoms with Crippen LogP contribution in [0.4, 0.5) is 5.82 Å². The summed E-state index contributed by atoms with van der Waals surface area (Å²) < 4.78 is 1.64. The lowest BCUT2D eigenvalue weighted by atomic mass is 9.86. The summed E-state index contributed by atoms with van der Waals surface area (Å²) in [6.07, 6.45) is 13.0. The number of anilines is 1. The number of carbonyl (C=O) groups is 1. The van der Waals surface area contributed by atoms with Crippen LogP contribution in [-0.4, -0.2) is 25.7 Å². The van der Waals surface area contributed by atoms with Gasteiger partial charge in [-0.25, -0.2) is 14.6 Å². The number of nitrogens with zero attached hydrogens (tertiary/aromatic N) is 4. The maximum atomic E-state index is 12.1. The minimum absolute atomic E-state index is 0.0238. The smallest absolute Gasteiger partial charge is 0.225 e. The Kier molecular flexibility index (Phi) is 4.78. The molecule has 6 heteroatoms. The molecule has 0 aliphatic heterocycles. The highest BCUT2D eigenvalue weighted by molar-refractivity contribution is 5.89. The van der Waals surface area contributed by atoms with Gasteiger partial charge in [-0.2, -0.15) is 5.10 Å². The first-order valence-corrected chi connectivity index (χ1v) is 7.93. The van der Waals surface area contributed by atoms with Crippen LogP contribution in [-0.2, 0) is 4.79 Å². The molecule has 1 amide bonds. The molecule has 1 aliphatic carbocycles. The molecule has 6 nitrogen and oxygen atoms in total. The second-order valence-corrected chi connectivity index (χ2v) is 5.80. The molecule has 0 radical (unpaired) electrons. The van der Waals surface area contributed by atoms with Gasteiger partial charge in [0.05, 0.1) is 0 Å². The lowest BCUT2D eigenvalue weighted by Gasteiger charge is -2.20. The van der Waals surface area contributed by atoms with Gasteiger partial charge in [0.2, 0.25) is 5.91 Å². The van der Waals surface area contributed by atoms with E-state index in [-0.39, 0.29) is 5.91 Å². The second kappa shape index (κ2) is 7.15. The van der Waals surface area contributed by atoms with Crippen molar-refractivity contribution >= 4 is 11.7 Å². The predicted octanol–water partition coefficient (Wildman–Crippen LogP) is 2.96. The van der Waals surface area contributed by atoms with Gasteiger partial charge >= 0.3 is 0 Å². The highest BCUT2D eigenvalue weighted by Crippen LogP contribution is 2.27. The van der Waals surface area contributed by atoms with Gasteiger partial charge in [0.25, 0.3) is 0 Å². The third-order valence-corrected chi connectivity index (χ3v) is 4.16. The monoisotopic (exact) mass is 299 g/mol. The average molecular weight is 299 g/mol. The Morgan fingerprint density at radius 3 is 2.91 bits per heavy atom. The van der Waals surface area contributed by atoms with Crippen molar-refractivity contribution < 1.29 is 4.79 Å². The van der Waals surface area contributed by atoms with Crippen LogP contribution in [0.5, 0.6) is 0 Å². The van der Waals surface area contributed by atoms with Gasteiger partial charge in [0, 0.05) is 24.9 Å². The van der Waals surface area contributed by atoms with Crippen LogP contribution in [0.1, 0.15) is 44.9 Å². The standard InChI is InChI=1S/C16H21N5O/c22-16(8-7-13-5-2-1-3-6-13)20-14-11-15(18-12-17-14)21-10-4-9-19-21/h4,9-13H,1-3,5-8H2,(H,17,18,20,22). The van der Waals surface area contributed by atoms with Crippen molar-refractivity contribution in [3.8, 4) is 5.82 Å². The molecular formula is C16H21N5O. The van der Waals surface area contributed by atoms with Crippen molar-refractivity contribution in [3.05, 3.63) is 30.9 Å². The van der Waals surface area contributed by atoms with E-state index in [0.717, 1.165) is 6.42 Å². The van der Waals surface area contributed by atoms with Gasteiger partial charge in [0.15, 0.2) is 5.82 Å². The number of nitrogens with one attached hydrogen (secondary N) is 1. The molecule has 22 heavy (non-hydrogen) atoms. The number of hydrogen-bond acceptors (Lipinski definition) is 4. The van der Waals surface area contributed by atoms with Crippen LogP contribution in [0.15, 0.2) is 30.9 Å². The maximum absolute atomic E-state index is 12.1. The van der Waals surface area contributed by atoms with Crippen molar-refractivity contribution in [2.24, 2.45) is 5.92 Å². The normalized spacial score (nSPS) is 15.6. The van der Waals surface area contributed by atoms with Gasteiger partial charge in [-0.05, 0) is 18.4 Å². The van der Waals surface area contributed by atoms with Crippen molar-refractivity contribution in [1.29, 1.82) is 0 Å². The first-order valence-electron chi connectivity index (χ1n) is 7.93. The molecule has 116 valence electrons. The summed E-state index contributed by atoms with van der Waals surface area (Å²) in [5.41, 5.74) is 0. The summed E-state index contributed by atoms with van der Waals surface area (Å²) in [7, 11) is 0. The van der Waals surface area contributed by atoms with Gasteiger partial charge in [-0.3, -0.25) is 4.79 Å². The number of hydrogen-bond donors (Lipinski definition) is 1. The van der Waals surface area contributed by atoms with Crippen LogP contribution < -0.4 is 5.32 Å². The number of amides is 1. The summed E-state index contributed by atoms with van der Waals surface area (Å²) in [6.45, 7) is 0. The lowest BCUT2D eigenvalue weighted by Crippen LogP contribution is -2.16. The fraction of sp³-hybridized carbons (Fsp3) is 0.500. The molecular weight excluding hydrogens is 278 g/mol. The molecule has 3 rings (SSSR count). The SMILES string of the molecule is O=C(CCC1CCCCC1)Nc1cc(-n2cccn2)ncn1. The highest BCUT2D eigenvalue weighted by Gasteiger charge is 2.15. The third-order valence-electron chi connectivity index (χ3n) is 4.16. The van der Waals surface area contributed by atoms with Crippen LogP contribution in [0.25, 0.3) is 5.82 Å². The topological polar surface area (TPSA) is 72.7 Å². The fourth-order valence-electron chi connectivity index (χ4n) is 2.96. The quantitative estimate of drug-likeness (QED) is 0.921. The average Bonchev–Trinajstić information content (AvgIpc) is 3.09. The highest BCUT2D eigenvalue weighted by atomic mass is 16.1. The molecule has 1 fully saturated rings. The van der Waals surface area contributed by atoms with Crippen LogP contribution in [0, 0.1) is 5.92 Å². The van der Waals surface area contributed by atoms with E-state index < -0.39 is 0 Å². The zero-order chi connectivity index (χ0) is 15.2. The fourth-order valence-corrected chi connectivity index (χ4v) is 2.96. The van der Waals surface area contributed by atoms with E-state index in [4.69, 9.17) is 0 Å². The second-order valence-electron chi connectivity index (χ2n) is 5.80. The van der Waals surface area contributed by atoms with Crippen molar-refractivity contribution in [2.45, 2.75) is 44.9 Å². The Hall–Kier alpha value is -2.24. The van der Waals surface area contributed by atoms with E-state index in [1.807, 2.05) is 6.07 Å². The summed E-state index contributed by atoms with van der Waals surface area (Å²) >= 11 is 0. The van der Waals surface area contributed by atoms with Gasteiger partial charge in [-0.1, -0.05) is 32.1 Å². The van der Waals surface area contributed by atoms with Crippen LogP contribution >= 0.6 is 0 Å². The molecule has 0 unspecified atom stereocenters. The van der Waals surface area contributed by atoms with Crippen LogP contribution in [0.3, 0.4) is 0 Å². The van der Waals surface area contributed by atoms with Crippen LogP contribution in [0.2, 0.25) is 0 Å². The Morgan fingerprint density at radius 2 is 2.14 bits per heavy atom. The molecule has 2 aromatic heterocycles. The molecule has 2 heterocycles. The summed E-state index contributed by atoms with van der Waals surface area (Å²) in [5, 5.41) is 6.97. The molecule has 0 bridgehead atoms. The largest absolute Gasteiger partial charge is 0.311 e. The van der Waals surface area contributed by atoms with E-state index >= 15 is 0 Å². The zero-order valence-corrected chi connectivity index (χ0v) is 12.6. The third kappa shape index (κ3) is 3.90. The summed E-state index contributed by atoms with van der Waals surface area (Å²) in [6, 6.07) is 3.55. The molecule has 0 aromatic carbocycles. The minimum atomic E-state index is 0.0238. The summed E-state index contributed by atoms with van der Waals surface area (Å²) in [5.74, 6) is 1.90. The first kappa shape index (κ1) is 14.7. The maximum Gasteiger partial charge on any atom is 0.225 e. The van der Waals surface area contributed by atoms with E-state index in [1.54, 1.807) is 23.1 Å². The van der Waals surface area contributed by atoms with Crippen molar-refractivity contribution in [2.75, 3.05) is 5.32 Å². The minimum Gasteiger partial charge on any atom is -0.311 e. The van der Waals surface area contributed by atoms with E-state index in [9.17, 15) is 4.79 Å². The molecule has 0 spiro atoms. The molecule has 1 aliphatic rings. The molecule has 1 saturated carbocycles. The van der Waals surface area contributed by atoms with E-state index in [2.05, 4.69) is 20.4 Å². The van der Waals surface area contributed by atoms with Crippen molar-refractivity contribution in [3.63, 3.8) is 0 Å². The van der Waals surface area contributed by atoms with Gasteiger partial charge < -0.3 is 5.32 Å². The zero-order valence-electron chi connectivity index (χ0n) is 12.6. The lowest BCUT2D eigenvalue weighted by molar-refractivity contribution is -0.116. The molecule has 2 aromatic rings. The predicted molar refractivity (Wildman–Crippen MR) is 83.6 cm³/mol. The number of carbonyl (C=O) groups excluding carboxylic acids is 1. The molecule has 1 N–H and O–H groups in total. The Bertz CT molecular complexity index is 605. The summed E-state index contributed by atoms with van der Waals surface area (Å²) in [4.78, 5) is 20.3. The Labute approximate surface area is 130 Å². The molecule has 0 atom stereocenters. The van der Waals surface area contributed by atoms with E-state index in [0.29, 0.717) is 24.0 Å². The Balaban J connectivity index is 1.54. The Morgan fingerprint density at radius 1 is 1.27 bits per heavy atom. The van der Waals surface area contributed by atoms with E-state index in [1.165, 1.54) is 38.4 Å². The van der Waals surface area contributed by atoms with Crippen molar-refractivity contribution in [1.82, 2.24) is 19.7 Å².